The molecule has 5 aromatic rings. The molecule has 0 spiro atoms. The molecule has 0 fully saturated rings. The van der Waals surface area contributed by atoms with Gasteiger partial charge in [0, 0.05) is 35.4 Å². The highest BCUT2D eigenvalue weighted by atomic mass is 14.9. The zero-order chi connectivity index (χ0) is 35.1. The number of hydrogen-bond donors (Lipinski definition) is 0. The van der Waals surface area contributed by atoms with Crippen molar-refractivity contribution in [1.29, 1.82) is 0 Å². The fourth-order valence-electron chi connectivity index (χ4n) is 6.09. The van der Waals surface area contributed by atoms with Crippen LogP contribution in [0.4, 0.5) is 0 Å². The Balaban J connectivity index is 1.29. The maximum atomic E-state index is 2.39. The molecular formula is C46H58N2+2. The summed E-state index contributed by atoms with van der Waals surface area (Å²) < 4.78 is 4.57. The number of benzene rings is 3. The average molecular weight is 639 g/mol. The molecule has 0 bridgehead atoms. The van der Waals surface area contributed by atoms with E-state index in [2.05, 4.69) is 202 Å². The van der Waals surface area contributed by atoms with E-state index in [4.69, 9.17) is 0 Å². The van der Waals surface area contributed by atoms with Crippen molar-refractivity contribution < 1.29 is 9.13 Å². The molecule has 0 amide bonds. The summed E-state index contributed by atoms with van der Waals surface area (Å²) >= 11 is 0. The highest BCUT2D eigenvalue weighted by Crippen LogP contribution is 2.32. The summed E-state index contributed by atoms with van der Waals surface area (Å²) in [5.74, 6) is 0. The molecule has 3 aromatic carbocycles. The summed E-state index contributed by atoms with van der Waals surface area (Å²) in [6.07, 6.45) is 8.84. The summed E-state index contributed by atoms with van der Waals surface area (Å²) in [5, 5.41) is 0. The molecular weight excluding hydrogens is 581 g/mol. The van der Waals surface area contributed by atoms with Crippen LogP contribution in [-0.4, -0.2) is 0 Å². The average Bonchev–Trinajstić information content (AvgIpc) is 3.00. The number of rotatable bonds is 6. The van der Waals surface area contributed by atoms with Gasteiger partial charge in [0.05, 0.1) is 0 Å². The normalized spacial score (nSPS) is 12.8. The van der Waals surface area contributed by atoms with Crippen LogP contribution in [0.1, 0.15) is 116 Å². The van der Waals surface area contributed by atoms with Gasteiger partial charge in [-0.25, -0.2) is 9.13 Å². The van der Waals surface area contributed by atoms with Gasteiger partial charge >= 0.3 is 0 Å². The Morgan fingerprint density at radius 3 is 0.792 bits per heavy atom. The molecule has 0 N–H and O–H groups in total. The van der Waals surface area contributed by atoms with Crippen LogP contribution in [0.5, 0.6) is 0 Å². The van der Waals surface area contributed by atoms with E-state index in [1.165, 1.54) is 55.6 Å². The molecule has 0 aliphatic heterocycles. The van der Waals surface area contributed by atoms with Crippen LogP contribution < -0.4 is 9.13 Å². The van der Waals surface area contributed by atoms with Crippen molar-refractivity contribution in [3.8, 4) is 22.3 Å². The van der Waals surface area contributed by atoms with Crippen LogP contribution in [-0.2, 0) is 34.7 Å². The topological polar surface area (TPSA) is 7.76 Å². The zero-order valence-corrected chi connectivity index (χ0v) is 31.7. The van der Waals surface area contributed by atoms with E-state index in [9.17, 15) is 0 Å². The molecule has 2 heterocycles. The van der Waals surface area contributed by atoms with Crippen LogP contribution in [0.15, 0.2) is 110 Å². The van der Waals surface area contributed by atoms with Crippen molar-refractivity contribution in [2.75, 3.05) is 0 Å². The maximum absolute atomic E-state index is 2.39. The lowest BCUT2D eigenvalue weighted by atomic mass is 9.79. The molecule has 5 rings (SSSR count). The second-order valence-electron chi connectivity index (χ2n) is 17.9. The van der Waals surface area contributed by atoms with E-state index < -0.39 is 0 Å². The smallest absolute Gasteiger partial charge is 0.173 e. The third-order valence-electron chi connectivity index (χ3n) is 9.51. The van der Waals surface area contributed by atoms with E-state index in [1.54, 1.807) is 0 Å². The first-order chi connectivity index (χ1) is 22.3. The first-order valence-electron chi connectivity index (χ1n) is 17.6. The number of nitrogens with zero attached hydrogens (tertiary/aromatic N) is 2. The second kappa shape index (κ2) is 13.1. The Kier molecular flexibility index (Phi) is 9.63. The van der Waals surface area contributed by atoms with Gasteiger partial charge < -0.3 is 0 Å². The predicted molar refractivity (Wildman–Crippen MR) is 204 cm³/mol. The molecule has 250 valence electrons. The quantitative estimate of drug-likeness (QED) is 0.164. The summed E-state index contributed by atoms with van der Waals surface area (Å²) in [4.78, 5) is 0. The maximum Gasteiger partial charge on any atom is 0.173 e. The minimum atomic E-state index is 0.118. The third-order valence-corrected chi connectivity index (χ3v) is 9.51. The van der Waals surface area contributed by atoms with Gasteiger partial charge in [-0.3, -0.25) is 0 Å². The monoisotopic (exact) mass is 638 g/mol. The van der Waals surface area contributed by atoms with Crippen LogP contribution in [0.25, 0.3) is 22.3 Å². The Bertz CT molecular complexity index is 1640. The van der Waals surface area contributed by atoms with Gasteiger partial charge in [0.1, 0.15) is 0 Å². The molecule has 0 unspecified atom stereocenters. The molecule has 0 radical (unpaired) electrons. The molecule has 48 heavy (non-hydrogen) atoms. The van der Waals surface area contributed by atoms with Gasteiger partial charge in [-0.15, -0.1) is 0 Å². The summed E-state index contributed by atoms with van der Waals surface area (Å²) in [6, 6.07) is 32.2. The minimum Gasteiger partial charge on any atom is -0.201 e. The zero-order valence-electron chi connectivity index (χ0n) is 31.7. The van der Waals surface area contributed by atoms with Crippen molar-refractivity contribution in [3.05, 3.63) is 143 Å². The highest BCUT2D eigenvalue weighted by Gasteiger charge is 2.23. The van der Waals surface area contributed by atoms with E-state index in [1.807, 2.05) is 0 Å². The molecule has 0 atom stereocenters. The van der Waals surface area contributed by atoms with Gasteiger partial charge in [-0.2, -0.15) is 0 Å². The van der Waals surface area contributed by atoms with E-state index in [-0.39, 0.29) is 21.7 Å². The summed E-state index contributed by atoms with van der Waals surface area (Å²) in [7, 11) is 0. The predicted octanol–water partition coefficient (Wildman–Crippen LogP) is 10.9. The fraction of sp³-hybridized carbons (Fsp3) is 0.391. The van der Waals surface area contributed by atoms with Crippen molar-refractivity contribution >= 4 is 0 Å². The van der Waals surface area contributed by atoms with E-state index in [0.29, 0.717) is 0 Å². The van der Waals surface area contributed by atoms with Crippen LogP contribution in [0.2, 0.25) is 0 Å². The molecule has 2 heteroatoms. The van der Waals surface area contributed by atoms with Gasteiger partial charge in [0.25, 0.3) is 0 Å². The lowest BCUT2D eigenvalue weighted by Crippen LogP contribution is -2.33. The van der Waals surface area contributed by atoms with Crippen LogP contribution >= 0.6 is 0 Å². The molecule has 0 saturated carbocycles. The van der Waals surface area contributed by atoms with Crippen molar-refractivity contribution in [2.45, 2.75) is 118 Å². The van der Waals surface area contributed by atoms with E-state index >= 15 is 0 Å². The molecule has 0 aliphatic carbocycles. The van der Waals surface area contributed by atoms with Crippen LogP contribution in [0.3, 0.4) is 0 Å². The van der Waals surface area contributed by atoms with E-state index in [0.717, 1.165) is 13.1 Å². The van der Waals surface area contributed by atoms with Crippen molar-refractivity contribution in [3.63, 3.8) is 0 Å². The lowest BCUT2D eigenvalue weighted by Gasteiger charge is -2.25. The van der Waals surface area contributed by atoms with Gasteiger partial charge in [0.15, 0.2) is 37.9 Å². The Hall–Kier alpha value is -4.04. The number of aromatic nitrogens is 2. The lowest BCUT2D eigenvalue weighted by molar-refractivity contribution is -0.688. The first kappa shape index (κ1) is 35.3. The van der Waals surface area contributed by atoms with Gasteiger partial charge in [0.2, 0.25) is 0 Å². The Morgan fingerprint density at radius 1 is 0.333 bits per heavy atom. The SMILES string of the molecule is CC(C)(C)c1cc(C[n+]2ccc(-c3ccc(-c4cc[n+](Cc5cc(C(C)(C)C)cc(C(C)(C)C)c5)cc4)cc3)cc2)cc(C(C)(C)C)c1. The standard InChI is InChI=1S/C46H58N2/c1-43(2,3)39-25-33(26-40(29-39)44(4,5)6)31-47-21-17-37(18-22-47)35-13-15-36(16-14-35)38-19-23-48(24-20-38)32-34-27-41(45(7,8)9)30-42(28-34)46(10,11)12/h13-30H,31-32H2,1-12H3/q+2. The number of pyridine rings is 2. The summed E-state index contributed by atoms with van der Waals surface area (Å²) in [6.45, 7) is 29.3. The highest BCUT2D eigenvalue weighted by molar-refractivity contribution is 5.69. The first-order valence-corrected chi connectivity index (χ1v) is 17.6. The molecule has 2 nitrogen and oxygen atoms in total. The van der Waals surface area contributed by atoms with Gasteiger partial charge in [-0.05, 0) is 90.4 Å². The molecule has 2 aromatic heterocycles. The molecule has 0 aliphatic rings. The van der Waals surface area contributed by atoms with Gasteiger partial charge in [-0.1, -0.05) is 119 Å². The number of hydrogen-bond acceptors (Lipinski definition) is 0. The van der Waals surface area contributed by atoms with Crippen LogP contribution in [0, 0.1) is 0 Å². The van der Waals surface area contributed by atoms with Crippen molar-refractivity contribution in [1.82, 2.24) is 0 Å². The summed E-state index contributed by atoms with van der Waals surface area (Å²) in [5.41, 5.74) is 13.7. The van der Waals surface area contributed by atoms with Crippen molar-refractivity contribution in [2.24, 2.45) is 0 Å². The minimum absolute atomic E-state index is 0.118. The fourth-order valence-corrected chi connectivity index (χ4v) is 6.09. The Labute approximate surface area is 291 Å². The third kappa shape index (κ3) is 8.70. The molecule has 0 saturated heterocycles. The largest absolute Gasteiger partial charge is 0.201 e. The second-order valence-corrected chi connectivity index (χ2v) is 17.9. The Morgan fingerprint density at radius 2 is 0.562 bits per heavy atom.